The molecule has 1 aliphatic carbocycles. The van der Waals surface area contributed by atoms with Crippen molar-refractivity contribution in [3.05, 3.63) is 46.4 Å². The van der Waals surface area contributed by atoms with Crippen LogP contribution in [0.25, 0.3) is 21.6 Å². The van der Waals surface area contributed by atoms with Crippen LogP contribution in [0.5, 0.6) is 11.5 Å². The summed E-state index contributed by atoms with van der Waals surface area (Å²) in [6, 6.07) is 5.13. The molecule has 10 heteroatoms. The number of rotatable bonds is 5. The van der Waals surface area contributed by atoms with Crippen molar-refractivity contribution in [1.29, 1.82) is 0 Å². The van der Waals surface area contributed by atoms with Crippen LogP contribution in [-0.2, 0) is 9.59 Å². The Balaban J connectivity index is 1.33. The van der Waals surface area contributed by atoms with Crippen LogP contribution >= 0.6 is 22.9 Å². The Labute approximate surface area is 274 Å². The van der Waals surface area contributed by atoms with Crippen LogP contribution < -0.4 is 14.8 Å². The number of methoxy groups -OCH3 is 1. The number of hydrogen-bond acceptors (Lipinski definition) is 7. The SMILES string of the molecule is COc1ccc2c(O[C@@H]3C[C@H]4C(=O)N[C@@H]5C[C@H]5/C=C\CCCCCC(C)(C)C(=O)N4C3)cc(-c3nc(C(C)C)cs3)nc2c1Cl. The molecule has 3 aromatic rings. The van der Waals surface area contributed by atoms with Gasteiger partial charge in [-0.05, 0) is 49.7 Å². The number of allylic oxidation sites excluding steroid dienone is 1. The smallest absolute Gasteiger partial charge is 0.243 e. The molecule has 8 nitrogen and oxygen atoms in total. The summed E-state index contributed by atoms with van der Waals surface area (Å²) in [6.45, 7) is 8.56. The number of aromatic nitrogens is 2. The van der Waals surface area contributed by atoms with Gasteiger partial charge in [-0.25, -0.2) is 9.97 Å². The molecule has 0 unspecified atom stereocenters. The number of halogens is 1. The quantitative estimate of drug-likeness (QED) is 0.287. The van der Waals surface area contributed by atoms with Gasteiger partial charge in [0.1, 0.15) is 39.4 Å². The fourth-order valence-electron chi connectivity index (χ4n) is 6.42. The normalized spacial score (nSPS) is 26.1. The highest BCUT2D eigenvalue weighted by Crippen LogP contribution is 2.41. The minimum absolute atomic E-state index is 0.00569. The van der Waals surface area contributed by atoms with E-state index in [2.05, 4.69) is 31.3 Å². The average Bonchev–Trinajstić information content (AvgIpc) is 3.37. The van der Waals surface area contributed by atoms with E-state index < -0.39 is 17.6 Å². The second-order valence-corrected chi connectivity index (χ2v) is 14.8. The molecule has 2 aromatic heterocycles. The van der Waals surface area contributed by atoms with Crippen LogP contribution in [0.4, 0.5) is 0 Å². The van der Waals surface area contributed by atoms with Crippen LogP contribution in [0, 0.1) is 11.3 Å². The van der Waals surface area contributed by atoms with Crippen LogP contribution in [0.2, 0.25) is 5.02 Å². The van der Waals surface area contributed by atoms with Gasteiger partial charge in [0.15, 0.2) is 0 Å². The highest BCUT2D eigenvalue weighted by molar-refractivity contribution is 7.13. The molecule has 4 atom stereocenters. The minimum Gasteiger partial charge on any atom is -0.495 e. The van der Waals surface area contributed by atoms with Gasteiger partial charge in [-0.15, -0.1) is 11.3 Å². The van der Waals surface area contributed by atoms with Crippen molar-refractivity contribution >= 4 is 45.7 Å². The lowest BCUT2D eigenvalue weighted by Crippen LogP contribution is -2.50. The number of nitrogens with zero attached hydrogens (tertiary/aromatic N) is 3. The summed E-state index contributed by atoms with van der Waals surface area (Å²) >= 11 is 8.32. The van der Waals surface area contributed by atoms with Crippen molar-refractivity contribution in [3.63, 3.8) is 0 Å². The average molecular weight is 651 g/mol. The first-order valence-electron chi connectivity index (χ1n) is 16.1. The standard InChI is InChI=1S/C35H43ClN4O4S/c1-20(2)26-19-45-33(39-26)25-17-29(23-12-13-28(43-5)30(36)31(23)37-25)44-22-16-27-32(41)38-24-15-21(24)11-9-7-6-8-10-14-35(3,4)34(42)40(27)18-22/h9,11-13,17,19-22,24,27H,6-8,10,14-16,18H2,1-5H3,(H,38,41)/b11-9-/t21-,22-,24-,27+/m1/s1. The number of carbonyl (C=O) groups excluding carboxylic acids is 2. The summed E-state index contributed by atoms with van der Waals surface area (Å²) in [4.78, 5) is 39.3. The van der Waals surface area contributed by atoms with Gasteiger partial charge in [0.05, 0.1) is 24.9 Å². The van der Waals surface area contributed by atoms with E-state index >= 15 is 0 Å². The van der Waals surface area contributed by atoms with Crippen LogP contribution in [-0.4, -0.2) is 58.5 Å². The Morgan fingerprint density at radius 1 is 1.11 bits per heavy atom. The van der Waals surface area contributed by atoms with Crippen molar-refractivity contribution in [3.8, 4) is 22.2 Å². The number of nitrogens with one attached hydrogen (secondary N) is 1. The molecule has 3 aliphatic rings. The highest BCUT2D eigenvalue weighted by atomic mass is 35.5. The van der Waals surface area contributed by atoms with E-state index in [0.717, 1.165) is 54.6 Å². The number of hydrogen-bond donors (Lipinski definition) is 1. The van der Waals surface area contributed by atoms with E-state index in [1.165, 1.54) is 11.3 Å². The molecule has 2 fully saturated rings. The number of fused-ring (bicyclic) bond motifs is 3. The molecule has 0 radical (unpaired) electrons. The highest BCUT2D eigenvalue weighted by Gasteiger charge is 2.47. The van der Waals surface area contributed by atoms with Gasteiger partial charge in [-0.1, -0.05) is 64.3 Å². The number of thiazole rings is 1. The molecule has 1 N–H and O–H groups in total. The van der Waals surface area contributed by atoms with Crippen LogP contribution in [0.3, 0.4) is 0 Å². The van der Waals surface area contributed by atoms with Crippen molar-refractivity contribution in [2.75, 3.05) is 13.7 Å². The molecule has 45 heavy (non-hydrogen) atoms. The maximum atomic E-state index is 14.1. The van der Waals surface area contributed by atoms with Crippen molar-refractivity contribution in [1.82, 2.24) is 20.2 Å². The topological polar surface area (TPSA) is 93.6 Å². The molecular weight excluding hydrogens is 608 g/mol. The first-order chi connectivity index (χ1) is 21.6. The number of amides is 2. The third kappa shape index (κ3) is 6.70. The summed E-state index contributed by atoms with van der Waals surface area (Å²) in [6.07, 6.45) is 10.5. The van der Waals surface area contributed by atoms with E-state index in [-0.39, 0.29) is 23.8 Å². The molecule has 1 saturated carbocycles. The summed E-state index contributed by atoms with van der Waals surface area (Å²) in [5.41, 5.74) is 1.63. The minimum atomic E-state index is -0.596. The summed E-state index contributed by atoms with van der Waals surface area (Å²) in [5.74, 6) is 1.68. The Bertz CT molecular complexity index is 1620. The van der Waals surface area contributed by atoms with Gasteiger partial charge in [-0.2, -0.15) is 0 Å². The molecule has 4 heterocycles. The van der Waals surface area contributed by atoms with Gasteiger partial charge < -0.3 is 19.7 Å². The molecule has 6 rings (SSSR count). The predicted octanol–water partition coefficient (Wildman–Crippen LogP) is 7.54. The Morgan fingerprint density at radius 3 is 2.69 bits per heavy atom. The molecule has 1 saturated heterocycles. The van der Waals surface area contributed by atoms with Crippen molar-refractivity contribution < 1.29 is 19.1 Å². The molecule has 240 valence electrons. The number of benzene rings is 1. The lowest BCUT2D eigenvalue weighted by Gasteiger charge is -2.32. The molecule has 2 amide bonds. The second-order valence-electron chi connectivity index (χ2n) is 13.6. The van der Waals surface area contributed by atoms with Crippen LogP contribution in [0.1, 0.15) is 84.3 Å². The van der Waals surface area contributed by atoms with Gasteiger partial charge in [0, 0.05) is 34.7 Å². The Kier molecular flexibility index (Phi) is 9.12. The van der Waals surface area contributed by atoms with E-state index in [1.807, 2.05) is 31.4 Å². The maximum Gasteiger partial charge on any atom is 0.243 e. The Morgan fingerprint density at radius 2 is 1.93 bits per heavy atom. The molecule has 0 bridgehead atoms. The Hall–Kier alpha value is -3.17. The summed E-state index contributed by atoms with van der Waals surface area (Å²) < 4.78 is 12.2. The van der Waals surface area contributed by atoms with Gasteiger partial charge in [0.2, 0.25) is 11.8 Å². The van der Waals surface area contributed by atoms with E-state index in [9.17, 15) is 9.59 Å². The zero-order chi connectivity index (χ0) is 31.9. The van der Waals surface area contributed by atoms with Crippen molar-refractivity contribution in [2.45, 2.75) is 96.7 Å². The maximum absolute atomic E-state index is 14.1. The third-order valence-electron chi connectivity index (χ3n) is 9.32. The van der Waals surface area contributed by atoms with Crippen LogP contribution in [0.15, 0.2) is 35.7 Å². The molecule has 1 aromatic carbocycles. The fraction of sp³-hybridized carbons (Fsp3) is 0.543. The first-order valence-corrected chi connectivity index (χ1v) is 17.4. The zero-order valence-corrected chi connectivity index (χ0v) is 28.3. The predicted molar refractivity (Wildman–Crippen MR) is 179 cm³/mol. The largest absolute Gasteiger partial charge is 0.495 e. The van der Waals surface area contributed by atoms with Gasteiger partial charge in [-0.3, -0.25) is 9.59 Å². The molecular formula is C35H43ClN4O4S. The lowest BCUT2D eigenvalue weighted by atomic mass is 9.85. The number of carbonyl (C=O) groups is 2. The monoisotopic (exact) mass is 650 g/mol. The van der Waals surface area contributed by atoms with Gasteiger partial charge in [0.25, 0.3) is 0 Å². The van der Waals surface area contributed by atoms with E-state index in [1.54, 1.807) is 18.1 Å². The summed E-state index contributed by atoms with van der Waals surface area (Å²) in [7, 11) is 1.58. The third-order valence-corrected chi connectivity index (χ3v) is 10.6. The van der Waals surface area contributed by atoms with Gasteiger partial charge >= 0.3 is 0 Å². The lowest BCUT2D eigenvalue weighted by molar-refractivity contribution is -0.146. The molecule has 0 spiro atoms. The van der Waals surface area contributed by atoms with E-state index in [4.69, 9.17) is 31.0 Å². The summed E-state index contributed by atoms with van der Waals surface area (Å²) in [5, 5.41) is 7.18. The number of pyridine rings is 1. The van der Waals surface area contributed by atoms with Crippen molar-refractivity contribution in [2.24, 2.45) is 11.3 Å². The second kappa shape index (κ2) is 12.9. The number of ether oxygens (including phenoxy) is 2. The first kappa shape index (κ1) is 31.8. The molecule has 2 aliphatic heterocycles. The zero-order valence-electron chi connectivity index (χ0n) is 26.8. The van der Waals surface area contributed by atoms with E-state index in [0.29, 0.717) is 46.6 Å². The fourth-order valence-corrected chi connectivity index (χ4v) is 7.65.